The van der Waals surface area contributed by atoms with Gasteiger partial charge in [0.25, 0.3) is 0 Å². The Morgan fingerprint density at radius 1 is 1.50 bits per heavy atom. The number of aromatic nitrogens is 2. The number of Topliss-reactive ketones (excluding diaryl/α,β-unsaturated/α-hetero) is 1. The summed E-state index contributed by atoms with van der Waals surface area (Å²) in [6.07, 6.45) is 8.38. The fourth-order valence-electron chi connectivity index (χ4n) is 2.47. The number of nitrogens with zero attached hydrogens (tertiary/aromatic N) is 2. The van der Waals surface area contributed by atoms with Crippen molar-refractivity contribution in [1.82, 2.24) is 9.78 Å². The molecule has 0 aliphatic heterocycles. The summed E-state index contributed by atoms with van der Waals surface area (Å²) < 4.78 is 7.06. The van der Waals surface area contributed by atoms with Crippen molar-refractivity contribution in [2.24, 2.45) is 0 Å². The third-order valence-electron chi connectivity index (χ3n) is 3.77. The second-order valence-electron chi connectivity index (χ2n) is 5.10. The smallest absolute Gasteiger partial charge is 0.167 e. The van der Waals surface area contributed by atoms with Crippen molar-refractivity contribution in [2.45, 2.75) is 57.6 Å². The summed E-state index contributed by atoms with van der Waals surface area (Å²) in [7, 11) is 1.56. The molecule has 100 valence electrons. The van der Waals surface area contributed by atoms with E-state index in [-0.39, 0.29) is 11.9 Å². The van der Waals surface area contributed by atoms with Crippen molar-refractivity contribution in [3.63, 3.8) is 0 Å². The molecular weight excluding hydrogens is 228 g/mol. The maximum absolute atomic E-state index is 11.8. The van der Waals surface area contributed by atoms with Gasteiger partial charge in [-0.2, -0.15) is 5.10 Å². The van der Waals surface area contributed by atoms with Crippen LogP contribution >= 0.6 is 0 Å². The summed E-state index contributed by atoms with van der Waals surface area (Å²) in [6.45, 7) is 1.78. The van der Waals surface area contributed by atoms with Gasteiger partial charge in [0.1, 0.15) is 6.10 Å². The summed E-state index contributed by atoms with van der Waals surface area (Å²) in [4.78, 5) is 11.8. The Morgan fingerprint density at radius 3 is 2.89 bits per heavy atom. The molecule has 0 amide bonds. The van der Waals surface area contributed by atoms with Gasteiger partial charge in [-0.1, -0.05) is 19.3 Å². The minimum Gasteiger partial charge on any atom is -0.374 e. The Kier molecular flexibility index (Phi) is 4.53. The lowest BCUT2D eigenvalue weighted by molar-refractivity contribution is -0.127. The van der Waals surface area contributed by atoms with E-state index in [0.717, 1.165) is 5.69 Å². The summed E-state index contributed by atoms with van der Waals surface area (Å²) in [5.41, 5.74) is 0.856. The first-order valence-corrected chi connectivity index (χ1v) is 6.80. The summed E-state index contributed by atoms with van der Waals surface area (Å²) in [5, 5.41) is 4.53. The molecule has 18 heavy (non-hydrogen) atoms. The standard InChI is InChI=1S/C14H22N2O2/c1-11(18-2)14(17)10-12-8-9-16(15-12)13-6-4-3-5-7-13/h8-9,11,13H,3-7,10H2,1-2H3. The van der Waals surface area contributed by atoms with Crippen molar-refractivity contribution in [3.8, 4) is 0 Å². The number of hydrogen-bond donors (Lipinski definition) is 0. The monoisotopic (exact) mass is 250 g/mol. The summed E-state index contributed by atoms with van der Waals surface area (Å²) in [6, 6.07) is 2.48. The van der Waals surface area contributed by atoms with Crippen LogP contribution in [0.25, 0.3) is 0 Å². The summed E-state index contributed by atoms with van der Waals surface area (Å²) >= 11 is 0. The van der Waals surface area contributed by atoms with Crippen LogP contribution in [0.5, 0.6) is 0 Å². The second-order valence-corrected chi connectivity index (χ2v) is 5.10. The fourth-order valence-corrected chi connectivity index (χ4v) is 2.47. The van der Waals surface area contributed by atoms with Gasteiger partial charge in [-0.3, -0.25) is 9.48 Å². The van der Waals surface area contributed by atoms with E-state index in [1.807, 2.05) is 16.9 Å². The zero-order chi connectivity index (χ0) is 13.0. The minimum absolute atomic E-state index is 0.0893. The first-order chi connectivity index (χ1) is 8.70. The molecule has 1 heterocycles. The molecule has 1 aliphatic rings. The number of carbonyl (C=O) groups excluding carboxylic acids is 1. The van der Waals surface area contributed by atoms with Gasteiger partial charge >= 0.3 is 0 Å². The van der Waals surface area contributed by atoms with Gasteiger partial charge in [-0.15, -0.1) is 0 Å². The highest BCUT2D eigenvalue weighted by atomic mass is 16.5. The second kappa shape index (κ2) is 6.14. The number of methoxy groups -OCH3 is 1. The van der Waals surface area contributed by atoms with Gasteiger partial charge in [0, 0.05) is 13.3 Å². The predicted octanol–water partition coefficient (Wildman–Crippen LogP) is 2.53. The van der Waals surface area contributed by atoms with Gasteiger partial charge in [-0.25, -0.2) is 0 Å². The van der Waals surface area contributed by atoms with Crippen LogP contribution in [0, 0.1) is 0 Å². The van der Waals surface area contributed by atoms with Crippen molar-refractivity contribution < 1.29 is 9.53 Å². The molecule has 0 spiro atoms. The molecule has 1 aliphatic carbocycles. The molecule has 1 saturated carbocycles. The lowest BCUT2D eigenvalue weighted by Crippen LogP contribution is -2.21. The van der Waals surface area contributed by atoms with Crippen LogP contribution < -0.4 is 0 Å². The maximum atomic E-state index is 11.8. The number of ketones is 1. The van der Waals surface area contributed by atoms with E-state index in [0.29, 0.717) is 12.5 Å². The van der Waals surface area contributed by atoms with E-state index >= 15 is 0 Å². The van der Waals surface area contributed by atoms with E-state index < -0.39 is 0 Å². The van der Waals surface area contributed by atoms with Gasteiger partial charge in [-0.05, 0) is 25.8 Å². The fraction of sp³-hybridized carbons (Fsp3) is 0.714. The highest BCUT2D eigenvalue weighted by Crippen LogP contribution is 2.27. The lowest BCUT2D eigenvalue weighted by Gasteiger charge is -2.21. The number of hydrogen-bond acceptors (Lipinski definition) is 3. The number of ether oxygens (including phenoxy) is 1. The number of rotatable bonds is 5. The van der Waals surface area contributed by atoms with Crippen LogP contribution in [0.1, 0.15) is 50.8 Å². The van der Waals surface area contributed by atoms with Crippen molar-refractivity contribution in [2.75, 3.05) is 7.11 Å². The van der Waals surface area contributed by atoms with E-state index in [2.05, 4.69) is 5.10 Å². The zero-order valence-corrected chi connectivity index (χ0v) is 11.3. The first kappa shape index (κ1) is 13.3. The predicted molar refractivity (Wildman–Crippen MR) is 69.5 cm³/mol. The molecule has 1 atom stereocenters. The Hall–Kier alpha value is -1.16. The van der Waals surface area contributed by atoms with Crippen LogP contribution in [0.15, 0.2) is 12.3 Å². The molecular formula is C14H22N2O2. The molecule has 1 aromatic rings. The molecule has 0 N–H and O–H groups in total. The van der Waals surface area contributed by atoms with Crippen LogP contribution in [0.4, 0.5) is 0 Å². The average Bonchev–Trinajstić information content (AvgIpc) is 2.87. The van der Waals surface area contributed by atoms with E-state index in [1.54, 1.807) is 14.0 Å². The van der Waals surface area contributed by atoms with Crippen molar-refractivity contribution >= 4 is 5.78 Å². The van der Waals surface area contributed by atoms with Crippen LogP contribution in [-0.4, -0.2) is 28.8 Å². The van der Waals surface area contributed by atoms with Crippen LogP contribution in [-0.2, 0) is 16.0 Å². The average molecular weight is 250 g/mol. The largest absolute Gasteiger partial charge is 0.374 e. The van der Waals surface area contributed by atoms with Crippen LogP contribution in [0.3, 0.4) is 0 Å². The molecule has 0 bridgehead atoms. The van der Waals surface area contributed by atoms with E-state index in [1.165, 1.54) is 32.1 Å². The highest BCUT2D eigenvalue weighted by Gasteiger charge is 2.18. The van der Waals surface area contributed by atoms with Gasteiger partial charge in [0.05, 0.1) is 18.2 Å². The Labute approximate surface area is 108 Å². The van der Waals surface area contributed by atoms with Crippen molar-refractivity contribution in [3.05, 3.63) is 18.0 Å². The highest BCUT2D eigenvalue weighted by molar-refractivity contribution is 5.84. The van der Waals surface area contributed by atoms with Gasteiger partial charge < -0.3 is 4.74 Å². The Balaban J connectivity index is 1.95. The molecule has 0 aromatic carbocycles. The van der Waals surface area contributed by atoms with Crippen molar-refractivity contribution in [1.29, 1.82) is 0 Å². The maximum Gasteiger partial charge on any atom is 0.167 e. The third kappa shape index (κ3) is 3.19. The zero-order valence-electron chi connectivity index (χ0n) is 11.3. The number of carbonyl (C=O) groups is 1. The van der Waals surface area contributed by atoms with Gasteiger partial charge in [0.2, 0.25) is 0 Å². The molecule has 1 aromatic heterocycles. The molecule has 2 rings (SSSR count). The minimum atomic E-state index is -0.343. The Morgan fingerprint density at radius 2 is 2.22 bits per heavy atom. The van der Waals surface area contributed by atoms with E-state index in [4.69, 9.17) is 4.74 Å². The normalized spacial score (nSPS) is 18.8. The third-order valence-corrected chi connectivity index (χ3v) is 3.77. The quantitative estimate of drug-likeness (QED) is 0.806. The molecule has 4 nitrogen and oxygen atoms in total. The SMILES string of the molecule is COC(C)C(=O)Cc1ccn(C2CCCCC2)n1. The van der Waals surface area contributed by atoms with E-state index in [9.17, 15) is 4.79 Å². The lowest BCUT2D eigenvalue weighted by atomic mass is 9.96. The molecule has 0 radical (unpaired) electrons. The first-order valence-electron chi connectivity index (χ1n) is 6.80. The molecule has 1 fully saturated rings. The van der Waals surface area contributed by atoms with Crippen LogP contribution in [0.2, 0.25) is 0 Å². The Bertz CT molecular complexity index is 394. The topological polar surface area (TPSA) is 44.1 Å². The molecule has 4 heteroatoms. The van der Waals surface area contributed by atoms with Gasteiger partial charge in [0.15, 0.2) is 5.78 Å². The molecule has 0 saturated heterocycles. The summed E-state index contributed by atoms with van der Waals surface area (Å²) in [5.74, 6) is 0.0893. The molecule has 1 unspecified atom stereocenters.